The molecule has 1 aromatic rings. The van der Waals surface area contributed by atoms with E-state index >= 15 is 0 Å². The van der Waals surface area contributed by atoms with E-state index in [0.29, 0.717) is 17.7 Å². The van der Waals surface area contributed by atoms with Crippen molar-refractivity contribution in [3.63, 3.8) is 0 Å². The summed E-state index contributed by atoms with van der Waals surface area (Å²) in [5.41, 5.74) is 6.64. The Balaban J connectivity index is 2.80. The number of amides is 1. The molecule has 0 fully saturated rings. The Morgan fingerprint density at radius 1 is 1.56 bits per heavy atom. The smallest absolute Gasteiger partial charge is 0.251 e. The van der Waals surface area contributed by atoms with E-state index in [9.17, 15) is 4.79 Å². The fourth-order valence-electron chi connectivity index (χ4n) is 1.29. The Hall–Kier alpha value is -1.07. The van der Waals surface area contributed by atoms with Gasteiger partial charge in [0, 0.05) is 15.7 Å². The van der Waals surface area contributed by atoms with E-state index in [1.807, 2.05) is 6.92 Å². The van der Waals surface area contributed by atoms with Crippen molar-refractivity contribution in [3.8, 4) is 0 Å². The molecule has 0 saturated heterocycles. The van der Waals surface area contributed by atoms with Gasteiger partial charge in [0.1, 0.15) is 0 Å². The lowest BCUT2D eigenvalue weighted by molar-refractivity contribution is 0.0915. The molecule has 1 atom stereocenters. The highest BCUT2D eigenvalue weighted by atomic mass is 79.9. The van der Waals surface area contributed by atoms with Crippen LogP contribution in [-0.2, 0) is 0 Å². The average molecular weight is 287 g/mol. The van der Waals surface area contributed by atoms with E-state index in [4.69, 9.17) is 10.8 Å². The van der Waals surface area contributed by atoms with Crippen LogP contribution in [0.25, 0.3) is 0 Å². The molecule has 0 aliphatic rings. The number of hydrogen-bond acceptors (Lipinski definition) is 3. The molecule has 4 N–H and O–H groups in total. The Labute approximate surface area is 103 Å². The van der Waals surface area contributed by atoms with Crippen molar-refractivity contribution in [1.29, 1.82) is 0 Å². The van der Waals surface area contributed by atoms with Gasteiger partial charge in [-0.15, -0.1) is 0 Å². The second-order valence-electron chi connectivity index (χ2n) is 3.53. The third-order valence-corrected chi connectivity index (χ3v) is 2.69. The summed E-state index contributed by atoms with van der Waals surface area (Å²) in [4.78, 5) is 11.8. The van der Waals surface area contributed by atoms with Crippen LogP contribution in [0.1, 0.15) is 23.7 Å². The monoisotopic (exact) mass is 286 g/mol. The third-order valence-electron chi connectivity index (χ3n) is 2.23. The summed E-state index contributed by atoms with van der Waals surface area (Å²) in [5.74, 6) is -0.228. The quantitative estimate of drug-likeness (QED) is 0.735. The highest BCUT2D eigenvalue weighted by Gasteiger charge is 2.11. The van der Waals surface area contributed by atoms with E-state index in [0.717, 1.165) is 4.47 Å². The maximum atomic E-state index is 11.8. The van der Waals surface area contributed by atoms with Gasteiger partial charge < -0.3 is 16.2 Å². The molecule has 0 heterocycles. The molecule has 0 aromatic heterocycles. The molecule has 1 rings (SSSR count). The van der Waals surface area contributed by atoms with Crippen molar-refractivity contribution in [3.05, 3.63) is 28.2 Å². The largest absolute Gasteiger partial charge is 0.399 e. The number of carbonyl (C=O) groups excluding carboxylic acids is 1. The van der Waals surface area contributed by atoms with Crippen LogP contribution >= 0.6 is 15.9 Å². The van der Waals surface area contributed by atoms with Crippen LogP contribution in [-0.4, -0.2) is 23.7 Å². The molecule has 0 radical (unpaired) electrons. The minimum atomic E-state index is -0.228. The molecule has 4 nitrogen and oxygen atoms in total. The first-order valence-electron chi connectivity index (χ1n) is 5.04. The molecule has 1 unspecified atom stereocenters. The van der Waals surface area contributed by atoms with Crippen molar-refractivity contribution in [1.82, 2.24) is 5.32 Å². The summed E-state index contributed by atoms with van der Waals surface area (Å²) in [6.07, 6.45) is 0.686. The lowest BCUT2D eigenvalue weighted by Crippen LogP contribution is -2.36. The van der Waals surface area contributed by atoms with Gasteiger partial charge in [-0.1, -0.05) is 22.9 Å². The predicted molar refractivity (Wildman–Crippen MR) is 67.2 cm³/mol. The van der Waals surface area contributed by atoms with Crippen LogP contribution in [0.3, 0.4) is 0 Å². The molecule has 0 aliphatic carbocycles. The van der Waals surface area contributed by atoms with E-state index in [1.54, 1.807) is 18.2 Å². The summed E-state index contributed by atoms with van der Waals surface area (Å²) in [6.45, 7) is 1.84. The number of anilines is 1. The first kappa shape index (κ1) is 13.0. The number of hydrogen-bond donors (Lipinski definition) is 3. The maximum absolute atomic E-state index is 11.8. The fraction of sp³-hybridized carbons (Fsp3) is 0.364. The number of aliphatic hydroxyl groups excluding tert-OH is 1. The summed E-state index contributed by atoms with van der Waals surface area (Å²) < 4.78 is 0.759. The minimum Gasteiger partial charge on any atom is -0.399 e. The highest BCUT2D eigenvalue weighted by Crippen LogP contribution is 2.17. The van der Waals surface area contributed by atoms with E-state index in [2.05, 4.69) is 21.2 Å². The second-order valence-corrected chi connectivity index (χ2v) is 4.45. The molecule has 0 saturated carbocycles. The van der Waals surface area contributed by atoms with Gasteiger partial charge in [0.2, 0.25) is 0 Å². The van der Waals surface area contributed by atoms with Crippen LogP contribution in [0, 0.1) is 0 Å². The van der Waals surface area contributed by atoms with Gasteiger partial charge in [-0.3, -0.25) is 4.79 Å². The number of rotatable bonds is 4. The van der Waals surface area contributed by atoms with Crippen molar-refractivity contribution >= 4 is 27.5 Å². The van der Waals surface area contributed by atoms with Gasteiger partial charge in [-0.25, -0.2) is 0 Å². The molecule has 88 valence electrons. The predicted octanol–water partition coefficient (Wildman–Crippen LogP) is 1.53. The van der Waals surface area contributed by atoms with Crippen molar-refractivity contribution in [2.75, 3.05) is 12.3 Å². The molecular formula is C11H15BrN2O2. The van der Waals surface area contributed by atoms with Gasteiger partial charge in [0.05, 0.1) is 12.6 Å². The Bertz CT molecular complexity index is 358. The Morgan fingerprint density at radius 2 is 2.25 bits per heavy atom. The Kier molecular flexibility index (Phi) is 4.76. The standard InChI is InChI=1S/C11H15BrN2O2/c1-2-10(6-15)14-11(16)7-3-8(12)5-9(13)4-7/h3-5,10,15H,2,6,13H2,1H3,(H,14,16). The number of benzene rings is 1. The number of nitrogens with two attached hydrogens (primary N) is 1. The van der Waals surface area contributed by atoms with Crippen LogP contribution in [0.4, 0.5) is 5.69 Å². The van der Waals surface area contributed by atoms with Gasteiger partial charge in [-0.05, 0) is 24.6 Å². The molecule has 0 bridgehead atoms. The lowest BCUT2D eigenvalue weighted by atomic mass is 10.1. The number of aliphatic hydroxyl groups is 1. The van der Waals surface area contributed by atoms with Gasteiger partial charge in [0.25, 0.3) is 5.91 Å². The summed E-state index contributed by atoms with van der Waals surface area (Å²) in [6, 6.07) is 4.80. The van der Waals surface area contributed by atoms with Crippen LogP contribution in [0.2, 0.25) is 0 Å². The summed E-state index contributed by atoms with van der Waals surface area (Å²) in [7, 11) is 0. The van der Waals surface area contributed by atoms with Gasteiger partial charge in [0.15, 0.2) is 0 Å². The number of halogens is 1. The normalized spacial score (nSPS) is 12.2. The molecule has 16 heavy (non-hydrogen) atoms. The van der Waals surface area contributed by atoms with Gasteiger partial charge >= 0.3 is 0 Å². The SMILES string of the molecule is CCC(CO)NC(=O)c1cc(N)cc(Br)c1. The summed E-state index contributed by atoms with van der Waals surface area (Å²) >= 11 is 3.27. The highest BCUT2D eigenvalue weighted by molar-refractivity contribution is 9.10. The zero-order valence-corrected chi connectivity index (χ0v) is 10.6. The molecule has 1 aromatic carbocycles. The zero-order chi connectivity index (χ0) is 12.1. The van der Waals surface area contributed by atoms with E-state index in [1.165, 1.54) is 0 Å². The number of carbonyl (C=O) groups is 1. The lowest BCUT2D eigenvalue weighted by Gasteiger charge is -2.14. The third kappa shape index (κ3) is 3.50. The maximum Gasteiger partial charge on any atom is 0.251 e. The molecule has 0 aliphatic heterocycles. The van der Waals surface area contributed by atoms with E-state index in [-0.39, 0.29) is 18.6 Å². The topological polar surface area (TPSA) is 75.3 Å². The first-order chi connectivity index (χ1) is 7.56. The van der Waals surface area contributed by atoms with Crippen LogP contribution in [0.15, 0.2) is 22.7 Å². The van der Waals surface area contributed by atoms with Crippen LogP contribution < -0.4 is 11.1 Å². The number of nitrogens with one attached hydrogen (secondary N) is 1. The molecule has 0 spiro atoms. The zero-order valence-electron chi connectivity index (χ0n) is 9.03. The Morgan fingerprint density at radius 3 is 2.75 bits per heavy atom. The van der Waals surface area contributed by atoms with Crippen LogP contribution in [0.5, 0.6) is 0 Å². The molecular weight excluding hydrogens is 272 g/mol. The average Bonchev–Trinajstić information content (AvgIpc) is 2.24. The van der Waals surface area contributed by atoms with Crippen molar-refractivity contribution < 1.29 is 9.90 Å². The molecule has 1 amide bonds. The minimum absolute atomic E-state index is 0.0638. The second kappa shape index (κ2) is 5.86. The first-order valence-corrected chi connectivity index (χ1v) is 5.84. The number of nitrogen functional groups attached to an aromatic ring is 1. The van der Waals surface area contributed by atoms with Crippen molar-refractivity contribution in [2.24, 2.45) is 0 Å². The van der Waals surface area contributed by atoms with E-state index < -0.39 is 0 Å². The molecule has 5 heteroatoms. The van der Waals surface area contributed by atoms with Crippen molar-refractivity contribution in [2.45, 2.75) is 19.4 Å². The fourth-order valence-corrected chi connectivity index (χ4v) is 1.80. The summed E-state index contributed by atoms with van der Waals surface area (Å²) in [5, 5.41) is 11.7. The van der Waals surface area contributed by atoms with Gasteiger partial charge in [-0.2, -0.15) is 0 Å².